The van der Waals surface area contributed by atoms with Crippen LogP contribution in [0.15, 0.2) is 65.7 Å². The highest BCUT2D eigenvalue weighted by Crippen LogP contribution is 2.24. The summed E-state index contributed by atoms with van der Waals surface area (Å²) >= 11 is 0. The number of rotatable bonds is 6. The molecule has 11 heteroatoms. The average Bonchev–Trinajstić information content (AvgIpc) is 2.94. The predicted octanol–water partition coefficient (Wildman–Crippen LogP) is 2.34. The second kappa shape index (κ2) is 10.9. The Balaban J connectivity index is 1.26. The van der Waals surface area contributed by atoms with E-state index in [-0.39, 0.29) is 16.8 Å². The van der Waals surface area contributed by atoms with Gasteiger partial charge >= 0.3 is 0 Å². The molecule has 5 rings (SSSR count). The number of carbonyl (C=O) groups is 1. The van der Waals surface area contributed by atoms with Crippen molar-refractivity contribution in [3.63, 3.8) is 0 Å². The van der Waals surface area contributed by atoms with E-state index in [1.807, 2.05) is 17.0 Å². The Hall–Kier alpha value is -3.38. The summed E-state index contributed by atoms with van der Waals surface area (Å²) in [6, 6.07) is 16.0. The van der Waals surface area contributed by atoms with Gasteiger partial charge in [-0.15, -0.1) is 0 Å². The van der Waals surface area contributed by atoms with Gasteiger partial charge in [-0.3, -0.25) is 4.79 Å². The molecule has 1 amide bonds. The number of sulfonamides is 1. The van der Waals surface area contributed by atoms with Gasteiger partial charge in [0.25, 0.3) is 5.91 Å². The Morgan fingerprint density at radius 3 is 2.46 bits per heavy atom. The standard InChI is InChI=1S/C26H30N6O4S/c1-19-18-31(13-12-27-19)25(33)21-2-6-22(7-3-21)29-26-28-11-10-24(30-26)20-4-8-23(9-5-20)37(34,35)32-14-16-36-17-15-32/h2-11,19,27H,12-18H2,1H3,(H,28,29,30)/t19-/m1/s1. The molecule has 3 aromatic rings. The Kier molecular flexibility index (Phi) is 7.47. The molecule has 2 aliphatic rings. The van der Waals surface area contributed by atoms with Crippen LogP contribution in [0.3, 0.4) is 0 Å². The van der Waals surface area contributed by atoms with Crippen molar-refractivity contribution in [3.8, 4) is 11.3 Å². The van der Waals surface area contributed by atoms with Gasteiger partial charge in [0.15, 0.2) is 0 Å². The second-order valence-electron chi connectivity index (χ2n) is 9.12. The smallest absolute Gasteiger partial charge is 0.253 e. The van der Waals surface area contributed by atoms with Crippen molar-refractivity contribution in [2.24, 2.45) is 0 Å². The monoisotopic (exact) mass is 522 g/mol. The summed E-state index contributed by atoms with van der Waals surface area (Å²) in [5, 5.41) is 6.52. The third kappa shape index (κ3) is 5.80. The maximum atomic E-state index is 12.9. The lowest BCUT2D eigenvalue weighted by atomic mass is 10.1. The van der Waals surface area contributed by atoms with Crippen LogP contribution >= 0.6 is 0 Å². The highest BCUT2D eigenvalue weighted by Gasteiger charge is 2.26. The summed E-state index contributed by atoms with van der Waals surface area (Å²) in [5.41, 5.74) is 2.83. The van der Waals surface area contributed by atoms with Crippen LogP contribution in [0.25, 0.3) is 11.3 Å². The van der Waals surface area contributed by atoms with E-state index >= 15 is 0 Å². The van der Waals surface area contributed by atoms with Crippen LogP contribution < -0.4 is 10.6 Å². The van der Waals surface area contributed by atoms with E-state index in [0.717, 1.165) is 17.8 Å². The van der Waals surface area contributed by atoms with Gasteiger partial charge in [0.1, 0.15) is 0 Å². The van der Waals surface area contributed by atoms with Crippen LogP contribution in [-0.4, -0.2) is 85.5 Å². The number of carbonyl (C=O) groups excluding carboxylic acids is 1. The fraction of sp³-hybridized carbons (Fsp3) is 0.346. The fourth-order valence-electron chi connectivity index (χ4n) is 4.44. The summed E-state index contributed by atoms with van der Waals surface area (Å²) in [4.78, 5) is 23.8. The molecule has 0 unspecified atom stereocenters. The third-order valence-electron chi connectivity index (χ3n) is 6.46. The van der Waals surface area contributed by atoms with Crippen molar-refractivity contribution in [1.29, 1.82) is 0 Å². The number of nitrogens with one attached hydrogen (secondary N) is 2. The van der Waals surface area contributed by atoms with Crippen molar-refractivity contribution in [3.05, 3.63) is 66.4 Å². The first-order valence-corrected chi connectivity index (χ1v) is 13.8. The number of anilines is 2. The Morgan fingerprint density at radius 2 is 1.76 bits per heavy atom. The van der Waals surface area contributed by atoms with Gasteiger partial charge in [0.05, 0.1) is 23.8 Å². The molecule has 2 aliphatic heterocycles. The Labute approximate surface area is 216 Å². The number of benzene rings is 2. The van der Waals surface area contributed by atoms with Crippen molar-refractivity contribution in [2.75, 3.05) is 51.3 Å². The van der Waals surface area contributed by atoms with E-state index in [4.69, 9.17) is 4.74 Å². The number of morpholine rings is 1. The number of ether oxygens (including phenoxy) is 1. The fourth-order valence-corrected chi connectivity index (χ4v) is 5.85. The van der Waals surface area contributed by atoms with Crippen LogP contribution in [0.1, 0.15) is 17.3 Å². The molecule has 10 nitrogen and oxygen atoms in total. The molecule has 2 N–H and O–H groups in total. The maximum absolute atomic E-state index is 12.9. The molecule has 194 valence electrons. The normalized spacial score (nSPS) is 18.9. The molecule has 37 heavy (non-hydrogen) atoms. The van der Waals surface area contributed by atoms with Crippen LogP contribution in [0.2, 0.25) is 0 Å². The molecular formula is C26H30N6O4S. The number of nitrogens with zero attached hydrogens (tertiary/aromatic N) is 4. The molecule has 0 spiro atoms. The van der Waals surface area contributed by atoms with Crippen molar-refractivity contribution < 1.29 is 17.9 Å². The lowest BCUT2D eigenvalue weighted by Crippen LogP contribution is -2.51. The largest absolute Gasteiger partial charge is 0.379 e. The third-order valence-corrected chi connectivity index (χ3v) is 8.37. The second-order valence-corrected chi connectivity index (χ2v) is 11.1. The number of amides is 1. The first-order chi connectivity index (χ1) is 17.9. The molecule has 0 aliphatic carbocycles. The molecule has 2 aromatic carbocycles. The van der Waals surface area contributed by atoms with E-state index < -0.39 is 10.0 Å². The minimum Gasteiger partial charge on any atom is -0.379 e. The molecule has 3 heterocycles. The van der Waals surface area contributed by atoms with Crippen LogP contribution in [0, 0.1) is 0 Å². The highest BCUT2D eigenvalue weighted by atomic mass is 32.2. The summed E-state index contributed by atoms with van der Waals surface area (Å²) in [7, 11) is -3.55. The van der Waals surface area contributed by atoms with Gasteiger partial charge in [0.2, 0.25) is 16.0 Å². The SMILES string of the molecule is C[C@@H]1CN(C(=O)c2ccc(Nc3nccc(-c4ccc(S(=O)(=O)N5CCOCC5)cc4)n3)cc2)CCN1. The van der Waals surface area contributed by atoms with Gasteiger partial charge in [-0.1, -0.05) is 12.1 Å². The van der Waals surface area contributed by atoms with Gasteiger partial charge in [0, 0.05) is 61.8 Å². The van der Waals surface area contributed by atoms with Crippen LogP contribution in [0.5, 0.6) is 0 Å². The van der Waals surface area contributed by atoms with Gasteiger partial charge in [-0.2, -0.15) is 4.31 Å². The first kappa shape index (κ1) is 25.3. The topological polar surface area (TPSA) is 117 Å². The molecular weight excluding hydrogens is 492 g/mol. The van der Waals surface area contributed by atoms with Crippen LogP contribution in [-0.2, 0) is 14.8 Å². The molecule has 2 fully saturated rings. The summed E-state index contributed by atoms with van der Waals surface area (Å²) in [6.07, 6.45) is 1.65. The van der Waals surface area contributed by atoms with E-state index in [2.05, 4.69) is 27.5 Å². The first-order valence-electron chi connectivity index (χ1n) is 12.3. The lowest BCUT2D eigenvalue weighted by molar-refractivity contribution is 0.0709. The van der Waals surface area contributed by atoms with E-state index in [1.54, 1.807) is 48.7 Å². The molecule has 1 aromatic heterocycles. The summed E-state index contributed by atoms with van der Waals surface area (Å²) in [5.74, 6) is 0.426. The molecule has 2 saturated heterocycles. The van der Waals surface area contributed by atoms with E-state index in [0.29, 0.717) is 56.6 Å². The van der Waals surface area contributed by atoms with Crippen LogP contribution in [0.4, 0.5) is 11.6 Å². The average molecular weight is 523 g/mol. The summed E-state index contributed by atoms with van der Waals surface area (Å²) < 4.78 is 32.4. The van der Waals surface area contributed by atoms with Crippen molar-refractivity contribution >= 4 is 27.6 Å². The zero-order valence-corrected chi connectivity index (χ0v) is 21.4. The minimum atomic E-state index is -3.55. The zero-order valence-electron chi connectivity index (χ0n) is 20.6. The van der Waals surface area contributed by atoms with Gasteiger partial charge < -0.3 is 20.3 Å². The minimum absolute atomic E-state index is 0.0252. The van der Waals surface area contributed by atoms with Crippen molar-refractivity contribution in [2.45, 2.75) is 17.9 Å². The van der Waals surface area contributed by atoms with E-state index in [9.17, 15) is 13.2 Å². The molecule has 0 radical (unpaired) electrons. The maximum Gasteiger partial charge on any atom is 0.253 e. The number of piperazine rings is 1. The number of hydrogen-bond acceptors (Lipinski definition) is 8. The van der Waals surface area contributed by atoms with Gasteiger partial charge in [-0.05, 0) is 49.4 Å². The highest BCUT2D eigenvalue weighted by molar-refractivity contribution is 7.89. The van der Waals surface area contributed by atoms with E-state index in [1.165, 1.54) is 4.31 Å². The molecule has 1 atom stereocenters. The van der Waals surface area contributed by atoms with Crippen molar-refractivity contribution in [1.82, 2.24) is 24.5 Å². The lowest BCUT2D eigenvalue weighted by Gasteiger charge is -2.32. The molecule has 0 bridgehead atoms. The molecule has 0 saturated carbocycles. The quantitative estimate of drug-likeness (QED) is 0.507. The predicted molar refractivity (Wildman–Crippen MR) is 140 cm³/mol. The number of aromatic nitrogens is 2. The summed E-state index contributed by atoms with van der Waals surface area (Å²) in [6.45, 7) is 5.79. The Morgan fingerprint density at radius 1 is 1.03 bits per heavy atom. The Bertz CT molecular complexity index is 1340. The number of hydrogen-bond donors (Lipinski definition) is 2. The van der Waals surface area contributed by atoms with Gasteiger partial charge in [-0.25, -0.2) is 18.4 Å². The zero-order chi connectivity index (χ0) is 25.8.